The van der Waals surface area contributed by atoms with Crippen LogP contribution in [0.25, 0.3) is 0 Å². The molecule has 1 rings (SSSR count). The van der Waals surface area contributed by atoms with E-state index in [1.165, 1.54) is 90.6 Å². The molecule has 0 heterocycles. The van der Waals surface area contributed by atoms with Gasteiger partial charge in [0.1, 0.15) is 18.8 Å². The Morgan fingerprint density at radius 3 is 1.70 bits per heavy atom. The van der Waals surface area contributed by atoms with Crippen molar-refractivity contribution in [1.29, 1.82) is 0 Å². The number of ether oxygens (including phenoxy) is 3. The van der Waals surface area contributed by atoms with Gasteiger partial charge >= 0.3 is 5.97 Å². The number of Topliss-reactive ketones (excluding diaryl/α,β-unsaturated/α-hetero) is 1. The smallest absolute Gasteiger partial charge is 0.313 e. The molecule has 0 aliphatic carbocycles. The van der Waals surface area contributed by atoms with Crippen LogP contribution in [-0.4, -0.2) is 38.7 Å². The fraction of sp³-hybridized carbons (Fsp3) is 0.714. The molecular weight excluding hydrogens is 416 g/mol. The highest BCUT2D eigenvalue weighted by molar-refractivity contribution is 6.05. The average molecular weight is 463 g/mol. The van der Waals surface area contributed by atoms with Gasteiger partial charge in [-0.2, -0.15) is 0 Å². The largest absolute Gasteiger partial charge is 0.494 e. The Kier molecular flexibility index (Phi) is 18.3. The van der Waals surface area contributed by atoms with Crippen molar-refractivity contribution in [3.63, 3.8) is 0 Å². The van der Waals surface area contributed by atoms with Gasteiger partial charge in [-0.3, -0.25) is 9.59 Å². The first kappa shape index (κ1) is 29.2. The molecule has 0 fully saturated rings. The summed E-state index contributed by atoms with van der Waals surface area (Å²) >= 11 is 0. The molecule has 0 bridgehead atoms. The van der Waals surface area contributed by atoms with Crippen LogP contribution in [0.5, 0.6) is 5.75 Å². The Bertz CT molecular complexity index is 611. The van der Waals surface area contributed by atoms with Crippen molar-refractivity contribution in [2.24, 2.45) is 0 Å². The maximum atomic E-state index is 12.1. The van der Waals surface area contributed by atoms with Crippen LogP contribution in [0, 0.1) is 0 Å². The molecule has 1 aromatic carbocycles. The molecule has 5 nitrogen and oxygen atoms in total. The highest BCUT2D eigenvalue weighted by atomic mass is 16.6. The van der Waals surface area contributed by atoms with Crippen LogP contribution in [0.4, 0.5) is 0 Å². The summed E-state index contributed by atoms with van der Waals surface area (Å²) < 4.78 is 15.5. The number of esters is 1. The number of unbranched alkanes of at least 4 members (excludes halogenated alkanes) is 13. The number of hydrogen-bond acceptors (Lipinski definition) is 5. The highest BCUT2D eigenvalue weighted by Crippen LogP contribution is 2.16. The lowest BCUT2D eigenvalue weighted by Gasteiger charge is -2.07. The minimum atomic E-state index is -0.532. The van der Waals surface area contributed by atoms with Gasteiger partial charge < -0.3 is 14.2 Å². The van der Waals surface area contributed by atoms with E-state index in [1.54, 1.807) is 24.3 Å². The number of ketones is 1. The lowest BCUT2D eigenvalue weighted by molar-refractivity contribution is -0.143. The summed E-state index contributed by atoms with van der Waals surface area (Å²) in [6, 6.07) is 6.97. The van der Waals surface area contributed by atoms with E-state index in [0.717, 1.165) is 12.2 Å². The van der Waals surface area contributed by atoms with E-state index < -0.39 is 5.97 Å². The van der Waals surface area contributed by atoms with E-state index in [9.17, 15) is 9.59 Å². The SMILES string of the molecule is CCCCCCCCCCCCCCCCOc1ccc(C(=O)CC(=O)OCCOC)cc1. The van der Waals surface area contributed by atoms with E-state index in [2.05, 4.69) is 6.92 Å². The molecule has 188 valence electrons. The first-order valence-electron chi connectivity index (χ1n) is 13.1. The number of benzene rings is 1. The molecular formula is C28H46O5. The second kappa shape index (κ2) is 20.7. The number of hydrogen-bond donors (Lipinski definition) is 0. The normalized spacial score (nSPS) is 10.8. The fourth-order valence-corrected chi connectivity index (χ4v) is 3.75. The van der Waals surface area contributed by atoms with Gasteiger partial charge in [-0.1, -0.05) is 90.4 Å². The molecule has 5 heteroatoms. The summed E-state index contributed by atoms with van der Waals surface area (Å²) in [6.45, 7) is 3.45. The molecule has 0 unspecified atom stereocenters. The van der Waals surface area contributed by atoms with E-state index in [1.807, 2.05) is 0 Å². The van der Waals surface area contributed by atoms with Crippen molar-refractivity contribution in [1.82, 2.24) is 0 Å². The van der Waals surface area contributed by atoms with Crippen LogP contribution in [0.3, 0.4) is 0 Å². The zero-order valence-corrected chi connectivity index (χ0v) is 21.1. The molecule has 0 spiro atoms. The Morgan fingerprint density at radius 1 is 0.667 bits per heavy atom. The summed E-state index contributed by atoms with van der Waals surface area (Å²) in [5.74, 6) is -0.0324. The Labute approximate surface area is 201 Å². The van der Waals surface area contributed by atoms with Crippen LogP contribution >= 0.6 is 0 Å². The number of carbonyl (C=O) groups is 2. The van der Waals surface area contributed by atoms with E-state index >= 15 is 0 Å². The monoisotopic (exact) mass is 462 g/mol. The lowest BCUT2D eigenvalue weighted by Crippen LogP contribution is -2.14. The summed E-state index contributed by atoms with van der Waals surface area (Å²) in [6.07, 6.45) is 18.5. The zero-order chi connectivity index (χ0) is 24.0. The van der Waals surface area contributed by atoms with Gasteiger partial charge in [-0.05, 0) is 30.7 Å². The first-order valence-corrected chi connectivity index (χ1v) is 13.1. The topological polar surface area (TPSA) is 61.8 Å². The third-order valence-electron chi connectivity index (χ3n) is 5.80. The van der Waals surface area contributed by atoms with Crippen molar-refractivity contribution >= 4 is 11.8 Å². The molecule has 33 heavy (non-hydrogen) atoms. The second-order valence-electron chi connectivity index (χ2n) is 8.78. The summed E-state index contributed by atoms with van der Waals surface area (Å²) in [4.78, 5) is 23.7. The predicted octanol–water partition coefficient (Wildman–Crippen LogP) is 7.31. The summed E-state index contributed by atoms with van der Waals surface area (Å²) in [5.41, 5.74) is 0.488. The molecule has 0 atom stereocenters. The summed E-state index contributed by atoms with van der Waals surface area (Å²) in [7, 11) is 1.53. The predicted molar refractivity (Wildman–Crippen MR) is 134 cm³/mol. The molecule has 1 aromatic rings. The average Bonchev–Trinajstić information content (AvgIpc) is 2.82. The van der Waals surface area contributed by atoms with E-state index in [-0.39, 0.29) is 18.8 Å². The first-order chi connectivity index (χ1) is 16.2. The van der Waals surface area contributed by atoms with Crippen molar-refractivity contribution in [2.75, 3.05) is 26.9 Å². The minimum Gasteiger partial charge on any atom is -0.494 e. The highest BCUT2D eigenvalue weighted by Gasteiger charge is 2.13. The van der Waals surface area contributed by atoms with Crippen molar-refractivity contribution in [3.05, 3.63) is 29.8 Å². The van der Waals surface area contributed by atoms with Crippen LogP contribution < -0.4 is 4.74 Å². The van der Waals surface area contributed by atoms with Crippen molar-refractivity contribution in [2.45, 2.75) is 103 Å². The quantitative estimate of drug-likeness (QED) is 0.0782. The number of rotatable bonds is 22. The fourth-order valence-electron chi connectivity index (χ4n) is 3.75. The van der Waals surface area contributed by atoms with E-state index in [0.29, 0.717) is 18.8 Å². The zero-order valence-electron chi connectivity index (χ0n) is 21.1. The Balaban J connectivity index is 1.99. The number of methoxy groups -OCH3 is 1. The molecule has 0 aliphatic rings. The third kappa shape index (κ3) is 16.4. The molecule has 0 aliphatic heterocycles. The van der Waals surface area contributed by atoms with Crippen molar-refractivity contribution in [3.8, 4) is 5.75 Å². The molecule has 0 amide bonds. The van der Waals surface area contributed by atoms with E-state index in [4.69, 9.17) is 14.2 Å². The number of carbonyl (C=O) groups excluding carboxylic acids is 2. The maximum absolute atomic E-state index is 12.1. The standard InChI is InChI=1S/C28H46O5/c1-3-4-5-6-7-8-9-10-11-12-13-14-15-16-21-32-26-19-17-25(18-20-26)27(29)24-28(30)33-23-22-31-2/h17-20H,3-16,21-24H2,1-2H3. The van der Waals surface area contributed by atoms with Gasteiger partial charge in [0.2, 0.25) is 0 Å². The van der Waals surface area contributed by atoms with Gasteiger partial charge in [0.05, 0.1) is 13.2 Å². The molecule has 0 aromatic heterocycles. The Morgan fingerprint density at radius 2 is 1.18 bits per heavy atom. The third-order valence-corrected chi connectivity index (χ3v) is 5.80. The van der Waals surface area contributed by atoms with Crippen LogP contribution in [0.1, 0.15) is 114 Å². The van der Waals surface area contributed by atoms with Gasteiger partial charge in [-0.15, -0.1) is 0 Å². The molecule has 0 N–H and O–H groups in total. The lowest BCUT2D eigenvalue weighted by atomic mass is 10.0. The molecule has 0 saturated heterocycles. The van der Waals surface area contributed by atoms with Crippen LogP contribution in [0.15, 0.2) is 24.3 Å². The summed E-state index contributed by atoms with van der Waals surface area (Å²) in [5, 5.41) is 0. The van der Waals surface area contributed by atoms with Crippen LogP contribution in [-0.2, 0) is 14.3 Å². The van der Waals surface area contributed by atoms with Gasteiger partial charge in [0.25, 0.3) is 0 Å². The second-order valence-corrected chi connectivity index (χ2v) is 8.78. The maximum Gasteiger partial charge on any atom is 0.313 e. The van der Waals surface area contributed by atoms with Crippen molar-refractivity contribution < 1.29 is 23.8 Å². The van der Waals surface area contributed by atoms with Gasteiger partial charge in [0.15, 0.2) is 5.78 Å². The van der Waals surface area contributed by atoms with Crippen LogP contribution in [0.2, 0.25) is 0 Å². The minimum absolute atomic E-state index is 0.161. The molecule has 0 radical (unpaired) electrons. The molecule has 0 saturated carbocycles. The van der Waals surface area contributed by atoms with Gasteiger partial charge in [-0.25, -0.2) is 0 Å². The van der Waals surface area contributed by atoms with Gasteiger partial charge in [0, 0.05) is 12.7 Å². The Hall–Kier alpha value is -1.88.